The number of hydrogen-bond donors (Lipinski definition) is 1. The first-order chi connectivity index (χ1) is 11.5. The molecule has 2 rings (SSSR count). The number of carbonyl (C=O) groups is 2. The van der Waals surface area contributed by atoms with Crippen molar-refractivity contribution >= 4 is 11.9 Å². The van der Waals surface area contributed by atoms with E-state index in [9.17, 15) is 18.4 Å². The largest absolute Gasteiger partial charge is 0.452 e. The van der Waals surface area contributed by atoms with Crippen LogP contribution < -0.4 is 5.32 Å². The molecule has 24 heavy (non-hydrogen) atoms. The van der Waals surface area contributed by atoms with E-state index in [0.29, 0.717) is 5.56 Å². The average molecular weight is 333 g/mol. The summed E-state index contributed by atoms with van der Waals surface area (Å²) >= 11 is 0. The van der Waals surface area contributed by atoms with Gasteiger partial charge in [0.05, 0.1) is 5.56 Å². The molecule has 0 radical (unpaired) electrons. The van der Waals surface area contributed by atoms with Crippen molar-refractivity contribution in [1.29, 1.82) is 0 Å². The summed E-state index contributed by atoms with van der Waals surface area (Å²) in [5.41, 5.74) is 1.58. The van der Waals surface area contributed by atoms with E-state index in [1.165, 1.54) is 6.07 Å². The van der Waals surface area contributed by atoms with Gasteiger partial charge in [-0.25, -0.2) is 13.6 Å². The molecule has 0 heterocycles. The molecule has 2 aromatic carbocycles. The summed E-state index contributed by atoms with van der Waals surface area (Å²) in [5, 5.41) is 2.41. The van der Waals surface area contributed by atoms with Crippen LogP contribution in [0.4, 0.5) is 8.78 Å². The third kappa shape index (κ3) is 4.87. The zero-order valence-corrected chi connectivity index (χ0v) is 13.1. The summed E-state index contributed by atoms with van der Waals surface area (Å²) in [6.45, 7) is 1.41. The molecule has 126 valence electrons. The van der Waals surface area contributed by atoms with Crippen LogP contribution in [0.1, 0.15) is 28.4 Å². The van der Waals surface area contributed by atoms with Crippen molar-refractivity contribution in [2.24, 2.45) is 0 Å². The van der Waals surface area contributed by atoms with Crippen molar-refractivity contribution in [3.05, 3.63) is 70.8 Å². The highest BCUT2D eigenvalue weighted by atomic mass is 19.1. The van der Waals surface area contributed by atoms with Crippen LogP contribution in [-0.2, 0) is 22.5 Å². The van der Waals surface area contributed by atoms with E-state index in [2.05, 4.69) is 5.32 Å². The highest BCUT2D eigenvalue weighted by Crippen LogP contribution is 2.09. The number of nitrogens with one attached hydrogen (secondary N) is 1. The Bertz CT molecular complexity index is 730. The summed E-state index contributed by atoms with van der Waals surface area (Å²) in [6, 6.07) is 9.97. The summed E-state index contributed by atoms with van der Waals surface area (Å²) < 4.78 is 31.1. The lowest BCUT2D eigenvalue weighted by Crippen LogP contribution is -2.28. The summed E-state index contributed by atoms with van der Waals surface area (Å²) in [7, 11) is 0. The number of amides is 1. The molecule has 0 aliphatic heterocycles. The fraction of sp³-hybridized carbons (Fsp3) is 0.222. The van der Waals surface area contributed by atoms with Gasteiger partial charge in [0.25, 0.3) is 5.91 Å². The molecule has 1 N–H and O–H groups in total. The van der Waals surface area contributed by atoms with Crippen LogP contribution in [0.2, 0.25) is 0 Å². The van der Waals surface area contributed by atoms with E-state index in [1.54, 1.807) is 12.1 Å². The topological polar surface area (TPSA) is 55.4 Å². The smallest absolute Gasteiger partial charge is 0.338 e. The minimum atomic E-state index is -0.747. The Morgan fingerprint density at radius 1 is 1.08 bits per heavy atom. The van der Waals surface area contributed by atoms with E-state index in [0.717, 1.165) is 24.1 Å². The van der Waals surface area contributed by atoms with Crippen LogP contribution in [0.25, 0.3) is 0 Å². The number of hydrogen-bond acceptors (Lipinski definition) is 3. The number of rotatable bonds is 6. The van der Waals surface area contributed by atoms with Gasteiger partial charge in [0.2, 0.25) is 0 Å². The molecule has 4 nitrogen and oxygen atoms in total. The molecule has 0 bridgehead atoms. The molecular weight excluding hydrogens is 316 g/mol. The molecule has 0 unspecified atom stereocenters. The Labute approximate surface area is 138 Å². The standard InChI is InChI=1S/C18H17F2NO3/c1-2-12-3-5-13(6-4-12)18(23)24-11-17(22)21-10-14-7-8-15(19)9-16(14)20/h3-9H,2,10-11H2,1H3,(H,21,22). The van der Waals surface area contributed by atoms with Crippen molar-refractivity contribution in [3.8, 4) is 0 Å². The lowest BCUT2D eigenvalue weighted by Gasteiger charge is -2.08. The second-order valence-electron chi connectivity index (χ2n) is 5.14. The summed E-state index contributed by atoms with van der Waals surface area (Å²) in [6.07, 6.45) is 0.859. The second-order valence-corrected chi connectivity index (χ2v) is 5.14. The minimum absolute atomic E-state index is 0.117. The second kappa shape index (κ2) is 8.19. The number of benzene rings is 2. The van der Waals surface area contributed by atoms with Crippen LogP contribution >= 0.6 is 0 Å². The van der Waals surface area contributed by atoms with E-state index in [1.807, 2.05) is 19.1 Å². The first-order valence-electron chi connectivity index (χ1n) is 7.46. The van der Waals surface area contributed by atoms with Crippen molar-refractivity contribution in [2.45, 2.75) is 19.9 Å². The first kappa shape index (κ1) is 17.6. The monoisotopic (exact) mass is 333 g/mol. The Kier molecular flexibility index (Phi) is 6.01. The van der Waals surface area contributed by atoms with Gasteiger partial charge in [-0.2, -0.15) is 0 Å². The van der Waals surface area contributed by atoms with Gasteiger partial charge in [-0.15, -0.1) is 0 Å². The quantitative estimate of drug-likeness (QED) is 0.827. The SMILES string of the molecule is CCc1ccc(C(=O)OCC(=O)NCc2ccc(F)cc2F)cc1. The molecule has 0 fully saturated rings. The summed E-state index contributed by atoms with van der Waals surface area (Å²) in [5.74, 6) is -2.62. The van der Waals surface area contributed by atoms with Crippen LogP contribution in [0.15, 0.2) is 42.5 Å². The zero-order valence-electron chi connectivity index (χ0n) is 13.1. The van der Waals surface area contributed by atoms with Gasteiger partial charge in [-0.3, -0.25) is 4.79 Å². The number of aryl methyl sites for hydroxylation is 1. The van der Waals surface area contributed by atoms with Crippen LogP contribution in [0.3, 0.4) is 0 Å². The molecule has 0 aliphatic carbocycles. The van der Waals surface area contributed by atoms with Crippen molar-refractivity contribution in [2.75, 3.05) is 6.61 Å². The molecular formula is C18H17F2NO3. The van der Waals surface area contributed by atoms with Gasteiger partial charge >= 0.3 is 5.97 Å². The highest BCUT2D eigenvalue weighted by Gasteiger charge is 2.11. The molecule has 0 saturated carbocycles. The van der Waals surface area contributed by atoms with Gasteiger partial charge in [0, 0.05) is 18.2 Å². The lowest BCUT2D eigenvalue weighted by atomic mass is 10.1. The van der Waals surface area contributed by atoms with E-state index < -0.39 is 30.1 Å². The zero-order chi connectivity index (χ0) is 17.5. The molecule has 2 aromatic rings. The lowest BCUT2D eigenvalue weighted by molar-refractivity contribution is -0.124. The fourth-order valence-electron chi connectivity index (χ4n) is 2.00. The Morgan fingerprint density at radius 2 is 1.79 bits per heavy atom. The predicted octanol–water partition coefficient (Wildman–Crippen LogP) is 3.00. The van der Waals surface area contributed by atoms with Gasteiger partial charge < -0.3 is 10.1 Å². The van der Waals surface area contributed by atoms with Gasteiger partial charge in [0.1, 0.15) is 11.6 Å². The Balaban J connectivity index is 1.80. The van der Waals surface area contributed by atoms with Crippen LogP contribution in [-0.4, -0.2) is 18.5 Å². The number of esters is 1. The molecule has 0 atom stereocenters. The number of ether oxygens (including phenoxy) is 1. The molecule has 0 spiro atoms. The Morgan fingerprint density at radius 3 is 2.42 bits per heavy atom. The first-order valence-corrected chi connectivity index (χ1v) is 7.46. The van der Waals surface area contributed by atoms with Crippen LogP contribution in [0, 0.1) is 11.6 Å². The minimum Gasteiger partial charge on any atom is -0.452 e. The molecule has 6 heteroatoms. The molecule has 1 amide bonds. The van der Waals surface area contributed by atoms with Gasteiger partial charge in [-0.05, 0) is 30.2 Å². The molecule has 0 aromatic heterocycles. The average Bonchev–Trinajstić information content (AvgIpc) is 2.59. The number of carbonyl (C=O) groups excluding carboxylic acids is 2. The van der Waals surface area contributed by atoms with Crippen LogP contribution in [0.5, 0.6) is 0 Å². The maximum absolute atomic E-state index is 13.4. The van der Waals surface area contributed by atoms with Gasteiger partial charge in [-0.1, -0.05) is 25.1 Å². The molecule has 0 aliphatic rings. The maximum Gasteiger partial charge on any atom is 0.338 e. The third-order valence-electron chi connectivity index (χ3n) is 3.42. The van der Waals surface area contributed by atoms with Crippen molar-refractivity contribution in [3.63, 3.8) is 0 Å². The normalized spacial score (nSPS) is 10.3. The molecule has 0 saturated heterocycles. The van der Waals surface area contributed by atoms with E-state index in [-0.39, 0.29) is 12.1 Å². The summed E-state index contributed by atoms with van der Waals surface area (Å²) in [4.78, 5) is 23.5. The number of halogens is 2. The van der Waals surface area contributed by atoms with Crippen molar-refractivity contribution < 1.29 is 23.1 Å². The van der Waals surface area contributed by atoms with E-state index in [4.69, 9.17) is 4.74 Å². The fourth-order valence-corrected chi connectivity index (χ4v) is 2.00. The van der Waals surface area contributed by atoms with Gasteiger partial charge in [0.15, 0.2) is 6.61 Å². The Hall–Kier alpha value is -2.76. The van der Waals surface area contributed by atoms with Crippen molar-refractivity contribution in [1.82, 2.24) is 5.32 Å². The highest BCUT2D eigenvalue weighted by molar-refractivity contribution is 5.91. The predicted molar refractivity (Wildman–Crippen MR) is 84.3 cm³/mol. The van der Waals surface area contributed by atoms with E-state index >= 15 is 0 Å². The maximum atomic E-state index is 13.4. The third-order valence-corrected chi connectivity index (χ3v) is 3.42.